The van der Waals surface area contributed by atoms with Crippen molar-refractivity contribution in [2.24, 2.45) is 5.41 Å². The number of nitrogens with zero attached hydrogens (tertiary/aromatic N) is 1. The summed E-state index contributed by atoms with van der Waals surface area (Å²) in [5.74, 6) is 0.185. The van der Waals surface area contributed by atoms with Crippen molar-refractivity contribution in [1.82, 2.24) is 15.2 Å². The van der Waals surface area contributed by atoms with Crippen LogP contribution in [0.25, 0.3) is 10.9 Å². The smallest absolute Gasteiger partial charge is 0.252 e. The molecule has 2 aromatic rings. The van der Waals surface area contributed by atoms with E-state index < -0.39 is 0 Å². The van der Waals surface area contributed by atoms with Gasteiger partial charge < -0.3 is 10.3 Å². The molecule has 25 heavy (non-hydrogen) atoms. The van der Waals surface area contributed by atoms with Crippen LogP contribution in [0.1, 0.15) is 36.0 Å². The number of carbonyl (C=O) groups is 1. The predicted octanol–water partition coefficient (Wildman–Crippen LogP) is 2.25. The van der Waals surface area contributed by atoms with Gasteiger partial charge in [0.2, 0.25) is 5.91 Å². The summed E-state index contributed by atoms with van der Waals surface area (Å²) in [7, 11) is 0. The molecule has 0 saturated carbocycles. The van der Waals surface area contributed by atoms with Crippen LogP contribution in [-0.4, -0.2) is 35.4 Å². The maximum atomic E-state index is 12.5. The molecule has 5 nitrogen and oxygen atoms in total. The Morgan fingerprint density at radius 1 is 1.12 bits per heavy atom. The van der Waals surface area contributed by atoms with Gasteiger partial charge in [-0.25, -0.2) is 0 Å². The van der Waals surface area contributed by atoms with Gasteiger partial charge in [0.05, 0.1) is 5.52 Å². The lowest BCUT2D eigenvalue weighted by Crippen LogP contribution is -2.41. The first kappa shape index (κ1) is 16.3. The number of hydrogen-bond acceptors (Lipinski definition) is 3. The van der Waals surface area contributed by atoms with Crippen LogP contribution in [0, 0.1) is 19.3 Å². The van der Waals surface area contributed by atoms with E-state index in [2.05, 4.69) is 34.3 Å². The Hall–Kier alpha value is -2.14. The van der Waals surface area contributed by atoms with E-state index in [1.807, 2.05) is 13.0 Å². The Morgan fingerprint density at radius 3 is 2.56 bits per heavy atom. The molecule has 132 valence electrons. The number of carbonyl (C=O) groups excluding carboxylic acids is 1. The number of rotatable bonds is 2. The number of benzene rings is 1. The fraction of sp³-hybridized carbons (Fsp3) is 0.500. The summed E-state index contributed by atoms with van der Waals surface area (Å²) >= 11 is 0. The van der Waals surface area contributed by atoms with Crippen LogP contribution in [0.15, 0.2) is 23.0 Å². The SMILES string of the molecule is Cc1cc(C)c2[nH]c(=O)c(CN3CCC4(CC3)CNC(=O)C4)cc2c1. The molecule has 1 amide bonds. The monoisotopic (exact) mass is 339 g/mol. The van der Waals surface area contributed by atoms with Gasteiger partial charge in [0.1, 0.15) is 0 Å². The lowest BCUT2D eigenvalue weighted by Gasteiger charge is -2.38. The Morgan fingerprint density at radius 2 is 1.88 bits per heavy atom. The first-order chi connectivity index (χ1) is 11.9. The zero-order chi connectivity index (χ0) is 17.6. The van der Waals surface area contributed by atoms with Crippen molar-refractivity contribution in [2.75, 3.05) is 19.6 Å². The highest BCUT2D eigenvalue weighted by atomic mass is 16.2. The van der Waals surface area contributed by atoms with Gasteiger partial charge in [0, 0.05) is 25.1 Å². The summed E-state index contributed by atoms with van der Waals surface area (Å²) in [5, 5.41) is 4.07. The van der Waals surface area contributed by atoms with Gasteiger partial charge >= 0.3 is 0 Å². The normalized spacial score (nSPS) is 20.3. The van der Waals surface area contributed by atoms with E-state index in [0.717, 1.165) is 54.5 Å². The molecule has 0 bridgehead atoms. The molecule has 0 aliphatic carbocycles. The fourth-order valence-corrected chi connectivity index (χ4v) is 4.38. The minimum Gasteiger partial charge on any atom is -0.356 e. The second-order valence-electron chi connectivity index (χ2n) is 7.90. The average Bonchev–Trinajstić information content (AvgIpc) is 2.92. The quantitative estimate of drug-likeness (QED) is 0.882. The molecular weight excluding hydrogens is 314 g/mol. The minimum absolute atomic E-state index is 0.0115. The number of hydrogen-bond donors (Lipinski definition) is 2. The molecule has 2 saturated heterocycles. The van der Waals surface area contributed by atoms with Gasteiger partial charge in [-0.2, -0.15) is 0 Å². The van der Waals surface area contributed by atoms with Crippen molar-refractivity contribution < 1.29 is 4.79 Å². The van der Waals surface area contributed by atoms with Gasteiger partial charge in [-0.05, 0) is 68.3 Å². The van der Waals surface area contributed by atoms with E-state index in [1.54, 1.807) is 0 Å². The highest BCUT2D eigenvalue weighted by molar-refractivity contribution is 5.82. The molecule has 2 fully saturated rings. The standard InChI is InChI=1S/C20H25N3O2/c1-13-7-14(2)18-15(8-13)9-16(19(25)22-18)11-23-5-3-20(4-6-23)10-17(24)21-12-20/h7-9H,3-6,10-12H2,1-2H3,(H,21,24)(H,22,25). The van der Waals surface area contributed by atoms with Gasteiger partial charge in [-0.3, -0.25) is 14.5 Å². The molecule has 1 spiro atoms. The molecule has 5 heteroatoms. The highest BCUT2D eigenvalue weighted by Gasteiger charge is 2.40. The number of aromatic amines is 1. The van der Waals surface area contributed by atoms with E-state index >= 15 is 0 Å². The number of likely N-dealkylation sites (tertiary alicyclic amines) is 1. The van der Waals surface area contributed by atoms with Crippen molar-refractivity contribution in [1.29, 1.82) is 0 Å². The second-order valence-corrected chi connectivity index (χ2v) is 7.90. The van der Waals surface area contributed by atoms with E-state index in [9.17, 15) is 9.59 Å². The van der Waals surface area contributed by atoms with Crippen LogP contribution < -0.4 is 10.9 Å². The summed E-state index contributed by atoms with van der Waals surface area (Å²) in [6.07, 6.45) is 2.71. The molecule has 0 unspecified atom stereocenters. The topological polar surface area (TPSA) is 65.2 Å². The average molecular weight is 339 g/mol. The van der Waals surface area contributed by atoms with Crippen molar-refractivity contribution in [3.63, 3.8) is 0 Å². The first-order valence-corrected chi connectivity index (χ1v) is 9.06. The molecule has 0 atom stereocenters. The number of nitrogens with one attached hydrogen (secondary N) is 2. The molecule has 4 rings (SSSR count). The van der Waals surface area contributed by atoms with Crippen LogP contribution in [-0.2, 0) is 11.3 Å². The summed E-state index contributed by atoms with van der Waals surface area (Å²) in [6, 6.07) is 6.26. The van der Waals surface area contributed by atoms with Crippen LogP contribution in [0.2, 0.25) is 0 Å². The summed E-state index contributed by atoms with van der Waals surface area (Å²) in [4.78, 5) is 29.4. The second kappa shape index (κ2) is 5.99. The van der Waals surface area contributed by atoms with Gasteiger partial charge in [0.25, 0.3) is 5.56 Å². The summed E-state index contributed by atoms with van der Waals surface area (Å²) < 4.78 is 0. The van der Waals surface area contributed by atoms with Gasteiger partial charge in [-0.1, -0.05) is 11.6 Å². The molecule has 0 radical (unpaired) electrons. The first-order valence-electron chi connectivity index (χ1n) is 9.06. The number of fused-ring (bicyclic) bond motifs is 1. The Labute approximate surface area is 147 Å². The minimum atomic E-state index is 0.0115. The third-order valence-corrected chi connectivity index (χ3v) is 5.88. The maximum absolute atomic E-state index is 12.5. The predicted molar refractivity (Wildman–Crippen MR) is 98.6 cm³/mol. The number of aryl methyl sites for hydroxylation is 2. The Balaban J connectivity index is 1.52. The third-order valence-electron chi connectivity index (χ3n) is 5.88. The van der Waals surface area contributed by atoms with Crippen molar-refractivity contribution in [3.05, 3.63) is 45.2 Å². The van der Waals surface area contributed by atoms with E-state index in [0.29, 0.717) is 13.0 Å². The number of piperidine rings is 1. The van der Waals surface area contributed by atoms with E-state index in [-0.39, 0.29) is 16.9 Å². The molecule has 2 N–H and O–H groups in total. The van der Waals surface area contributed by atoms with Crippen LogP contribution in [0.5, 0.6) is 0 Å². The van der Waals surface area contributed by atoms with Crippen LogP contribution in [0.3, 0.4) is 0 Å². The lowest BCUT2D eigenvalue weighted by atomic mass is 9.77. The van der Waals surface area contributed by atoms with E-state index in [1.165, 1.54) is 5.56 Å². The number of pyridine rings is 1. The van der Waals surface area contributed by atoms with Crippen LogP contribution in [0.4, 0.5) is 0 Å². The zero-order valence-electron chi connectivity index (χ0n) is 14.9. The molecule has 2 aliphatic heterocycles. The number of aromatic nitrogens is 1. The molecule has 3 heterocycles. The van der Waals surface area contributed by atoms with Crippen molar-refractivity contribution in [2.45, 2.75) is 39.7 Å². The summed E-state index contributed by atoms with van der Waals surface area (Å²) in [6.45, 7) is 7.49. The molecular formula is C20H25N3O2. The molecule has 2 aliphatic rings. The van der Waals surface area contributed by atoms with Gasteiger partial charge in [0.15, 0.2) is 0 Å². The van der Waals surface area contributed by atoms with Crippen molar-refractivity contribution >= 4 is 16.8 Å². The number of amides is 1. The maximum Gasteiger partial charge on any atom is 0.252 e. The van der Waals surface area contributed by atoms with Gasteiger partial charge in [-0.15, -0.1) is 0 Å². The molecule has 1 aromatic heterocycles. The molecule has 1 aromatic carbocycles. The van der Waals surface area contributed by atoms with E-state index in [4.69, 9.17) is 0 Å². The number of H-pyrrole nitrogens is 1. The Bertz CT molecular complexity index is 892. The fourth-order valence-electron chi connectivity index (χ4n) is 4.38. The summed E-state index contributed by atoms with van der Waals surface area (Å²) in [5.41, 5.74) is 4.25. The Kier molecular flexibility index (Phi) is 3.91. The highest BCUT2D eigenvalue weighted by Crippen LogP contribution is 2.37. The third kappa shape index (κ3) is 3.09. The lowest BCUT2D eigenvalue weighted by molar-refractivity contribution is -0.119. The van der Waals surface area contributed by atoms with Crippen molar-refractivity contribution in [3.8, 4) is 0 Å². The van der Waals surface area contributed by atoms with Crippen LogP contribution >= 0.6 is 0 Å². The zero-order valence-corrected chi connectivity index (χ0v) is 14.9. The largest absolute Gasteiger partial charge is 0.356 e.